The quantitative estimate of drug-likeness (QED) is 0.604. The van der Waals surface area contributed by atoms with Gasteiger partial charge in [0.05, 0.1) is 17.1 Å². The van der Waals surface area contributed by atoms with Crippen molar-refractivity contribution in [1.82, 2.24) is 9.97 Å². The molecule has 10 nitrogen and oxygen atoms in total. The molecule has 11 heteroatoms. The van der Waals surface area contributed by atoms with Gasteiger partial charge in [0, 0.05) is 25.0 Å². The fraction of sp³-hybridized carbons (Fsp3) is 0.143. The third-order valence-corrected chi connectivity index (χ3v) is 6.01. The summed E-state index contributed by atoms with van der Waals surface area (Å²) in [6, 6.07) is 14.2. The van der Waals surface area contributed by atoms with Crippen molar-refractivity contribution in [2.45, 2.75) is 17.9 Å². The molecular formula is C21H19N5O5S. The fourth-order valence-corrected chi connectivity index (χ4v) is 4.10. The Morgan fingerprint density at radius 3 is 2.41 bits per heavy atom. The van der Waals surface area contributed by atoms with Crippen molar-refractivity contribution in [1.29, 1.82) is 0 Å². The Kier molecular flexibility index (Phi) is 5.73. The van der Waals surface area contributed by atoms with Gasteiger partial charge in [-0.25, -0.2) is 23.1 Å². The van der Waals surface area contributed by atoms with Crippen LogP contribution in [0, 0.1) is 0 Å². The average molecular weight is 453 g/mol. The summed E-state index contributed by atoms with van der Waals surface area (Å²) in [5.41, 5.74) is 0.982. The maximum absolute atomic E-state index is 12.7. The van der Waals surface area contributed by atoms with Crippen LogP contribution >= 0.6 is 0 Å². The smallest absolute Gasteiger partial charge is 0.267 e. The van der Waals surface area contributed by atoms with Crippen LogP contribution in [0.25, 0.3) is 0 Å². The molecule has 164 valence electrons. The molecule has 1 aliphatic rings. The van der Waals surface area contributed by atoms with Crippen LogP contribution in [0.2, 0.25) is 0 Å². The molecule has 2 amide bonds. The number of carbonyl (C=O) groups is 2. The van der Waals surface area contributed by atoms with Crippen LogP contribution in [0.3, 0.4) is 0 Å². The monoisotopic (exact) mass is 453 g/mol. The van der Waals surface area contributed by atoms with Crippen molar-refractivity contribution in [3.63, 3.8) is 0 Å². The van der Waals surface area contributed by atoms with Crippen LogP contribution in [0.15, 0.2) is 71.9 Å². The number of hydrogen-bond acceptors (Lipinski definition) is 7. The third kappa shape index (κ3) is 4.52. The van der Waals surface area contributed by atoms with Gasteiger partial charge in [-0.15, -0.1) is 0 Å². The minimum absolute atomic E-state index is 0.0199. The van der Waals surface area contributed by atoms with Gasteiger partial charge in [-0.2, -0.15) is 0 Å². The highest BCUT2D eigenvalue weighted by molar-refractivity contribution is 7.92. The summed E-state index contributed by atoms with van der Waals surface area (Å²) < 4.78 is 33.0. The van der Waals surface area contributed by atoms with Gasteiger partial charge in [-0.05, 0) is 42.5 Å². The Labute approximate surface area is 184 Å². The highest BCUT2D eigenvalue weighted by Gasteiger charge is 2.32. The highest BCUT2D eigenvalue weighted by Crippen LogP contribution is 2.33. The molecule has 2 heterocycles. The Morgan fingerprint density at radius 2 is 1.72 bits per heavy atom. The predicted molar refractivity (Wildman–Crippen MR) is 117 cm³/mol. The van der Waals surface area contributed by atoms with Crippen molar-refractivity contribution in [2.75, 3.05) is 21.5 Å². The molecule has 32 heavy (non-hydrogen) atoms. The Balaban J connectivity index is 1.46. The van der Waals surface area contributed by atoms with E-state index >= 15 is 0 Å². The molecule has 0 radical (unpaired) electrons. The lowest BCUT2D eigenvalue weighted by atomic mass is 10.1. The van der Waals surface area contributed by atoms with Crippen molar-refractivity contribution < 1.29 is 22.7 Å². The fourth-order valence-electron chi connectivity index (χ4n) is 3.14. The van der Waals surface area contributed by atoms with E-state index < -0.39 is 22.0 Å². The number of aromatic nitrogens is 2. The first-order valence-corrected chi connectivity index (χ1v) is 11.1. The van der Waals surface area contributed by atoms with Crippen molar-refractivity contribution in [3.05, 3.63) is 67.0 Å². The molecule has 3 aromatic rings. The molecule has 0 aliphatic carbocycles. The van der Waals surface area contributed by atoms with Crippen LogP contribution in [-0.4, -0.2) is 42.8 Å². The van der Waals surface area contributed by atoms with Crippen molar-refractivity contribution >= 4 is 39.2 Å². The van der Waals surface area contributed by atoms with Crippen LogP contribution in [-0.2, 0) is 19.6 Å². The molecule has 2 aromatic carbocycles. The molecule has 1 aromatic heterocycles. The van der Waals surface area contributed by atoms with E-state index in [2.05, 4.69) is 20.0 Å². The number of benzene rings is 2. The maximum Gasteiger partial charge on any atom is 0.267 e. The molecule has 0 spiro atoms. The topological polar surface area (TPSA) is 131 Å². The predicted octanol–water partition coefficient (Wildman–Crippen LogP) is 2.03. The summed E-state index contributed by atoms with van der Waals surface area (Å²) in [7, 11) is -3.89. The van der Waals surface area contributed by atoms with E-state index in [9.17, 15) is 18.0 Å². The summed E-state index contributed by atoms with van der Waals surface area (Å²) in [5, 5.41) is 2.69. The first kappa shape index (κ1) is 21.2. The van der Waals surface area contributed by atoms with Gasteiger partial charge in [-0.1, -0.05) is 12.1 Å². The SMILES string of the molecule is CC(=O)N1CC(C(=O)Nc2ccc(S(=O)(=O)Nc3ncccn3)cc2)Oc2ccccc21. The van der Waals surface area contributed by atoms with Gasteiger partial charge in [0.1, 0.15) is 5.75 Å². The number of amides is 2. The van der Waals surface area contributed by atoms with Gasteiger partial charge >= 0.3 is 0 Å². The number of hydrogen-bond donors (Lipinski definition) is 2. The second-order valence-electron chi connectivity index (χ2n) is 6.90. The Morgan fingerprint density at radius 1 is 1.03 bits per heavy atom. The maximum atomic E-state index is 12.7. The second-order valence-corrected chi connectivity index (χ2v) is 8.58. The number of fused-ring (bicyclic) bond motifs is 1. The number of nitrogens with one attached hydrogen (secondary N) is 2. The van der Waals surface area contributed by atoms with Crippen LogP contribution in [0.1, 0.15) is 6.92 Å². The summed E-state index contributed by atoms with van der Waals surface area (Å²) in [4.78, 5) is 33.9. The lowest BCUT2D eigenvalue weighted by Crippen LogP contribution is -2.48. The van der Waals surface area contributed by atoms with E-state index in [1.807, 2.05) is 0 Å². The van der Waals surface area contributed by atoms with Crippen molar-refractivity contribution in [2.24, 2.45) is 0 Å². The molecule has 1 aliphatic heterocycles. The zero-order valence-electron chi connectivity index (χ0n) is 16.9. The lowest BCUT2D eigenvalue weighted by Gasteiger charge is -2.33. The molecule has 4 rings (SSSR count). The number of ether oxygens (including phenoxy) is 1. The van der Waals surface area contributed by atoms with E-state index in [0.29, 0.717) is 17.1 Å². The lowest BCUT2D eigenvalue weighted by molar-refractivity contribution is -0.123. The van der Waals surface area contributed by atoms with E-state index in [1.165, 1.54) is 48.5 Å². The number of nitrogens with zero attached hydrogens (tertiary/aromatic N) is 3. The second kappa shape index (κ2) is 8.63. The first-order valence-electron chi connectivity index (χ1n) is 9.58. The first-order chi connectivity index (χ1) is 15.3. The average Bonchev–Trinajstić information content (AvgIpc) is 2.79. The number of anilines is 3. The molecule has 1 unspecified atom stereocenters. The molecular weight excluding hydrogens is 434 g/mol. The van der Waals surface area contributed by atoms with Crippen molar-refractivity contribution in [3.8, 4) is 5.75 Å². The summed E-state index contributed by atoms with van der Waals surface area (Å²) in [6.07, 6.45) is 1.92. The third-order valence-electron chi connectivity index (χ3n) is 4.67. The summed E-state index contributed by atoms with van der Waals surface area (Å²) in [6.45, 7) is 1.48. The zero-order valence-corrected chi connectivity index (χ0v) is 17.7. The van der Waals surface area contributed by atoms with E-state index in [0.717, 1.165) is 0 Å². The Bertz CT molecular complexity index is 1250. The molecule has 0 saturated heterocycles. The number of carbonyl (C=O) groups excluding carboxylic acids is 2. The molecule has 2 N–H and O–H groups in total. The van der Waals surface area contributed by atoms with Crippen LogP contribution in [0.4, 0.5) is 17.3 Å². The largest absolute Gasteiger partial charge is 0.476 e. The minimum atomic E-state index is -3.89. The molecule has 0 fully saturated rings. The number of sulfonamides is 1. The molecule has 0 saturated carbocycles. The molecule has 0 bridgehead atoms. The summed E-state index contributed by atoms with van der Waals surface area (Å²) >= 11 is 0. The van der Waals surface area contributed by atoms with E-state index in [4.69, 9.17) is 4.74 Å². The van der Waals surface area contributed by atoms with Gasteiger partial charge in [-0.3, -0.25) is 9.59 Å². The standard InChI is InChI=1S/C21H19N5O5S/c1-14(27)26-13-19(31-18-6-3-2-5-17(18)26)20(28)24-15-7-9-16(10-8-15)32(29,30)25-21-22-11-4-12-23-21/h2-12,19H,13H2,1H3,(H,24,28)(H,22,23,25). The van der Waals surface area contributed by atoms with Crippen LogP contribution in [0.5, 0.6) is 5.75 Å². The highest BCUT2D eigenvalue weighted by atomic mass is 32.2. The van der Waals surface area contributed by atoms with Gasteiger partial charge in [0.25, 0.3) is 15.9 Å². The molecule has 1 atom stereocenters. The Hall–Kier alpha value is -3.99. The summed E-state index contributed by atoms with van der Waals surface area (Å²) in [5.74, 6) is -0.278. The zero-order chi connectivity index (χ0) is 22.7. The van der Waals surface area contributed by atoms with E-state index in [1.54, 1.807) is 30.3 Å². The van der Waals surface area contributed by atoms with Gasteiger partial charge in [0.2, 0.25) is 11.9 Å². The minimum Gasteiger partial charge on any atom is -0.476 e. The van der Waals surface area contributed by atoms with Gasteiger partial charge in [0.15, 0.2) is 6.10 Å². The number of rotatable bonds is 5. The van der Waals surface area contributed by atoms with Crippen LogP contribution < -0.4 is 19.7 Å². The van der Waals surface area contributed by atoms with E-state index in [-0.39, 0.29) is 23.3 Å². The normalized spacial score (nSPS) is 15.3. The van der Waals surface area contributed by atoms with Gasteiger partial charge < -0.3 is 15.0 Å². The number of para-hydroxylation sites is 2.